The maximum atomic E-state index is 12.9. The molecule has 0 aliphatic heterocycles. The molecule has 10 nitrogen and oxygen atoms in total. The van der Waals surface area contributed by atoms with E-state index in [0.29, 0.717) is 17.0 Å². The normalized spacial score (nSPS) is 11.0. The maximum Gasteiger partial charge on any atom is 0.416 e. The number of methoxy groups -OCH3 is 1. The van der Waals surface area contributed by atoms with E-state index in [1.165, 1.54) is 37.6 Å². The van der Waals surface area contributed by atoms with Crippen molar-refractivity contribution in [1.82, 2.24) is 5.43 Å². The number of anilines is 2. The van der Waals surface area contributed by atoms with Crippen molar-refractivity contribution in [3.63, 3.8) is 0 Å². The van der Waals surface area contributed by atoms with Crippen LogP contribution in [0, 0.1) is 0 Å². The molecular formula is C27H25F3N4O6. The van der Waals surface area contributed by atoms with Gasteiger partial charge >= 0.3 is 18.0 Å². The van der Waals surface area contributed by atoms with Gasteiger partial charge in [-0.3, -0.25) is 14.4 Å². The maximum absolute atomic E-state index is 12.9. The zero-order valence-electron chi connectivity index (χ0n) is 21.4. The number of rotatable bonds is 10. The average Bonchev–Trinajstić information content (AvgIpc) is 2.92. The third kappa shape index (κ3) is 8.75. The van der Waals surface area contributed by atoms with Crippen molar-refractivity contribution >= 4 is 35.3 Å². The second-order valence-corrected chi connectivity index (χ2v) is 7.94. The van der Waals surface area contributed by atoms with Crippen LogP contribution in [-0.4, -0.2) is 44.3 Å². The lowest BCUT2D eigenvalue weighted by Gasteiger charge is -2.13. The summed E-state index contributed by atoms with van der Waals surface area (Å²) >= 11 is 0. The van der Waals surface area contributed by atoms with Crippen LogP contribution in [-0.2, 0) is 20.6 Å². The van der Waals surface area contributed by atoms with Crippen molar-refractivity contribution in [2.75, 3.05) is 31.0 Å². The van der Waals surface area contributed by atoms with E-state index >= 15 is 0 Å². The van der Waals surface area contributed by atoms with Crippen molar-refractivity contribution in [3.8, 4) is 17.2 Å². The van der Waals surface area contributed by atoms with Crippen molar-refractivity contribution in [2.24, 2.45) is 5.10 Å². The molecule has 40 heavy (non-hydrogen) atoms. The Morgan fingerprint density at radius 1 is 0.875 bits per heavy atom. The fraction of sp³-hybridized carbons (Fsp3) is 0.185. The molecule has 3 rings (SSSR count). The van der Waals surface area contributed by atoms with E-state index in [-0.39, 0.29) is 23.8 Å². The highest BCUT2D eigenvalue weighted by molar-refractivity contribution is 6.39. The molecule has 0 aliphatic carbocycles. The van der Waals surface area contributed by atoms with Crippen LogP contribution in [0.15, 0.2) is 71.8 Å². The summed E-state index contributed by atoms with van der Waals surface area (Å²) in [6.07, 6.45) is -3.27. The molecule has 0 saturated carbocycles. The highest BCUT2D eigenvalue weighted by Gasteiger charge is 2.30. The molecule has 3 amide bonds. The predicted molar refractivity (Wildman–Crippen MR) is 141 cm³/mol. The van der Waals surface area contributed by atoms with Crippen molar-refractivity contribution in [1.29, 1.82) is 0 Å². The zero-order chi connectivity index (χ0) is 29.1. The Bertz CT molecular complexity index is 1390. The lowest BCUT2D eigenvalue weighted by molar-refractivity contribution is -0.137. The van der Waals surface area contributed by atoms with Gasteiger partial charge in [0.25, 0.3) is 5.91 Å². The number of carbonyl (C=O) groups excluding carboxylic acids is 3. The number of hydrogen-bond acceptors (Lipinski definition) is 7. The molecule has 0 aromatic heterocycles. The van der Waals surface area contributed by atoms with Gasteiger partial charge in [0.2, 0.25) is 0 Å². The fourth-order valence-electron chi connectivity index (χ4n) is 3.21. The average molecular weight is 559 g/mol. The van der Waals surface area contributed by atoms with Crippen LogP contribution in [0.1, 0.15) is 18.1 Å². The Kier molecular flexibility index (Phi) is 10.1. The zero-order valence-corrected chi connectivity index (χ0v) is 21.4. The van der Waals surface area contributed by atoms with E-state index in [2.05, 4.69) is 21.2 Å². The van der Waals surface area contributed by atoms with Gasteiger partial charge < -0.3 is 24.8 Å². The molecule has 210 valence electrons. The molecule has 0 atom stereocenters. The molecule has 0 unspecified atom stereocenters. The van der Waals surface area contributed by atoms with Crippen molar-refractivity contribution in [2.45, 2.75) is 13.1 Å². The Morgan fingerprint density at radius 3 is 2.30 bits per heavy atom. The molecule has 3 aromatic carbocycles. The van der Waals surface area contributed by atoms with Gasteiger partial charge in [-0.05, 0) is 61.0 Å². The van der Waals surface area contributed by atoms with Crippen LogP contribution in [0.25, 0.3) is 0 Å². The first kappa shape index (κ1) is 29.5. The van der Waals surface area contributed by atoms with E-state index < -0.39 is 36.1 Å². The summed E-state index contributed by atoms with van der Waals surface area (Å²) in [5.74, 6) is -1.67. The summed E-state index contributed by atoms with van der Waals surface area (Å²) in [7, 11) is 1.47. The number of ether oxygens (including phenoxy) is 3. The first-order valence-corrected chi connectivity index (χ1v) is 11.7. The van der Waals surface area contributed by atoms with Crippen LogP contribution >= 0.6 is 0 Å². The Hall–Kier alpha value is -5.07. The lowest BCUT2D eigenvalue weighted by Crippen LogP contribution is -2.32. The number of hydrazone groups is 1. The van der Waals surface area contributed by atoms with Crippen molar-refractivity contribution < 1.29 is 41.8 Å². The van der Waals surface area contributed by atoms with Crippen LogP contribution in [0.3, 0.4) is 0 Å². The van der Waals surface area contributed by atoms with E-state index in [4.69, 9.17) is 14.2 Å². The number of amides is 3. The van der Waals surface area contributed by atoms with E-state index in [1.54, 1.807) is 37.3 Å². The quantitative estimate of drug-likeness (QED) is 0.194. The van der Waals surface area contributed by atoms with Gasteiger partial charge in [0.05, 0.1) is 25.5 Å². The number of halogens is 3. The van der Waals surface area contributed by atoms with Gasteiger partial charge in [-0.15, -0.1) is 0 Å². The summed E-state index contributed by atoms with van der Waals surface area (Å²) in [6, 6.07) is 15.3. The van der Waals surface area contributed by atoms with Crippen LogP contribution < -0.4 is 30.3 Å². The molecular weight excluding hydrogens is 533 g/mol. The van der Waals surface area contributed by atoms with Gasteiger partial charge in [-0.1, -0.05) is 12.1 Å². The molecule has 3 aromatic rings. The third-order valence-corrected chi connectivity index (χ3v) is 5.01. The van der Waals surface area contributed by atoms with Crippen molar-refractivity contribution in [3.05, 3.63) is 77.9 Å². The van der Waals surface area contributed by atoms with Gasteiger partial charge in [0.1, 0.15) is 5.75 Å². The third-order valence-electron chi connectivity index (χ3n) is 5.01. The van der Waals surface area contributed by atoms with Gasteiger partial charge in [0.15, 0.2) is 18.1 Å². The van der Waals surface area contributed by atoms with Gasteiger partial charge in [-0.2, -0.15) is 18.3 Å². The minimum Gasteiger partial charge on any atom is -0.497 e. The van der Waals surface area contributed by atoms with Gasteiger partial charge in [0, 0.05) is 17.4 Å². The van der Waals surface area contributed by atoms with E-state index in [0.717, 1.165) is 12.1 Å². The summed E-state index contributed by atoms with van der Waals surface area (Å²) < 4.78 is 54.7. The molecule has 0 bridgehead atoms. The Labute approximate surface area is 227 Å². The summed E-state index contributed by atoms with van der Waals surface area (Å²) in [5, 5.41) is 8.54. The molecule has 0 radical (unpaired) electrons. The lowest BCUT2D eigenvalue weighted by atomic mass is 10.2. The standard InChI is InChI=1S/C27H25F3N4O6/c1-3-39-23-12-17(15-31-34-26(37)25(36)33-20-8-5-9-21(14-20)38-2)10-11-22(23)40-16-24(35)32-19-7-4-6-18(13-19)27(28,29)30/h4-15H,3,16H2,1-2H3,(H,32,35)(H,33,36)(H,34,37)/b31-15+. The molecule has 0 fully saturated rings. The molecule has 3 N–H and O–H groups in total. The summed E-state index contributed by atoms with van der Waals surface area (Å²) in [6.45, 7) is 1.49. The van der Waals surface area contributed by atoms with E-state index in [1.807, 2.05) is 0 Å². The second-order valence-electron chi connectivity index (χ2n) is 7.94. The number of hydrogen-bond donors (Lipinski definition) is 3. The first-order valence-electron chi connectivity index (χ1n) is 11.7. The molecule has 0 spiro atoms. The number of alkyl halides is 3. The SMILES string of the molecule is CCOc1cc(/C=N/NC(=O)C(=O)Nc2cccc(OC)c2)ccc1OCC(=O)Nc1cccc(C(F)(F)F)c1. The Morgan fingerprint density at radius 2 is 1.60 bits per heavy atom. The minimum atomic E-state index is -4.54. The van der Waals surface area contributed by atoms with Gasteiger partial charge in [-0.25, -0.2) is 5.43 Å². The predicted octanol–water partition coefficient (Wildman–Crippen LogP) is 4.22. The summed E-state index contributed by atoms with van der Waals surface area (Å²) in [5.41, 5.74) is 2.03. The minimum absolute atomic E-state index is 0.0285. The van der Waals surface area contributed by atoms with E-state index in [9.17, 15) is 27.6 Å². The molecule has 0 aliphatic rings. The smallest absolute Gasteiger partial charge is 0.416 e. The number of nitrogens with one attached hydrogen (secondary N) is 3. The largest absolute Gasteiger partial charge is 0.497 e. The first-order chi connectivity index (χ1) is 19.1. The molecule has 13 heteroatoms. The number of nitrogens with zero attached hydrogens (tertiary/aromatic N) is 1. The monoisotopic (exact) mass is 558 g/mol. The van der Waals surface area contributed by atoms with Crippen LogP contribution in [0.5, 0.6) is 17.2 Å². The number of benzene rings is 3. The highest BCUT2D eigenvalue weighted by atomic mass is 19.4. The Balaban J connectivity index is 1.56. The molecule has 0 saturated heterocycles. The number of carbonyl (C=O) groups is 3. The fourth-order valence-corrected chi connectivity index (χ4v) is 3.21. The molecule has 0 heterocycles. The van der Waals surface area contributed by atoms with Crippen LogP contribution in [0.4, 0.5) is 24.5 Å². The second kappa shape index (κ2) is 13.6. The summed E-state index contributed by atoms with van der Waals surface area (Å²) in [4.78, 5) is 36.4. The highest BCUT2D eigenvalue weighted by Crippen LogP contribution is 2.31. The topological polar surface area (TPSA) is 127 Å². The van der Waals surface area contributed by atoms with Crippen LogP contribution in [0.2, 0.25) is 0 Å².